The minimum atomic E-state index is -0.460. The summed E-state index contributed by atoms with van der Waals surface area (Å²) in [5.41, 5.74) is -0.885. The van der Waals surface area contributed by atoms with Crippen LogP contribution >= 0.6 is 0 Å². The van der Waals surface area contributed by atoms with Gasteiger partial charge in [0.05, 0.1) is 13.7 Å². The molecule has 2 fully saturated rings. The Kier molecular flexibility index (Phi) is 13.0. The molecule has 206 valence electrons. The van der Waals surface area contributed by atoms with Crippen LogP contribution in [0.1, 0.15) is 67.2 Å². The SMILES string of the molecule is CC(C)(C)OC(=O)N1CCC(/C=C/CO)CC1.COC(=O)/C=C/C1CCN(C(=O)OC(C)(C)C)CC1. The van der Waals surface area contributed by atoms with Gasteiger partial charge in [-0.3, -0.25) is 0 Å². The van der Waals surface area contributed by atoms with Crippen LogP contribution in [-0.2, 0) is 19.0 Å². The van der Waals surface area contributed by atoms with Gasteiger partial charge in [0.25, 0.3) is 0 Å². The quantitative estimate of drug-likeness (QED) is 0.256. The highest BCUT2D eigenvalue weighted by atomic mass is 16.6. The summed E-state index contributed by atoms with van der Waals surface area (Å²) in [5, 5.41) is 8.69. The second kappa shape index (κ2) is 14.9. The number of amides is 2. The molecule has 2 aliphatic heterocycles. The Morgan fingerprint density at radius 1 is 0.778 bits per heavy atom. The minimum absolute atomic E-state index is 0.0896. The summed E-state index contributed by atoms with van der Waals surface area (Å²) in [4.78, 5) is 38.1. The first-order valence-electron chi connectivity index (χ1n) is 12.7. The fourth-order valence-corrected chi connectivity index (χ4v) is 3.74. The van der Waals surface area contributed by atoms with Crippen molar-refractivity contribution in [3.63, 3.8) is 0 Å². The first-order valence-corrected chi connectivity index (χ1v) is 12.7. The van der Waals surface area contributed by atoms with Crippen molar-refractivity contribution in [1.29, 1.82) is 0 Å². The van der Waals surface area contributed by atoms with Gasteiger partial charge in [0.1, 0.15) is 11.2 Å². The van der Waals surface area contributed by atoms with Gasteiger partial charge in [-0.05, 0) is 79.1 Å². The Bertz CT molecular complexity index is 749. The number of piperidine rings is 2. The molecular weight excluding hydrogens is 464 g/mol. The molecular formula is C27H46N2O7. The summed E-state index contributed by atoms with van der Waals surface area (Å²) in [5.74, 6) is 0.452. The highest BCUT2D eigenvalue weighted by Crippen LogP contribution is 2.21. The normalized spacial score (nSPS) is 18.1. The van der Waals surface area contributed by atoms with Crippen molar-refractivity contribution in [1.82, 2.24) is 9.80 Å². The molecule has 0 saturated carbocycles. The first-order chi connectivity index (χ1) is 16.7. The number of rotatable bonds is 4. The lowest BCUT2D eigenvalue weighted by Crippen LogP contribution is -2.41. The maximum Gasteiger partial charge on any atom is 0.410 e. The van der Waals surface area contributed by atoms with Crippen molar-refractivity contribution in [2.45, 2.75) is 78.4 Å². The lowest BCUT2D eigenvalue weighted by Gasteiger charge is -2.32. The van der Waals surface area contributed by atoms with Crippen LogP contribution < -0.4 is 0 Å². The van der Waals surface area contributed by atoms with E-state index in [0.717, 1.165) is 38.8 Å². The van der Waals surface area contributed by atoms with E-state index < -0.39 is 11.2 Å². The number of carbonyl (C=O) groups is 3. The third-order valence-corrected chi connectivity index (χ3v) is 5.60. The van der Waals surface area contributed by atoms with Crippen LogP contribution in [0.25, 0.3) is 0 Å². The molecule has 0 aromatic rings. The van der Waals surface area contributed by atoms with E-state index in [0.29, 0.717) is 24.9 Å². The molecule has 0 spiro atoms. The summed E-state index contributed by atoms with van der Waals surface area (Å²) in [6.45, 7) is 14.1. The third kappa shape index (κ3) is 13.5. The zero-order valence-corrected chi connectivity index (χ0v) is 23.1. The zero-order valence-electron chi connectivity index (χ0n) is 23.1. The number of nitrogens with zero attached hydrogens (tertiary/aromatic N) is 2. The topological polar surface area (TPSA) is 106 Å². The number of hydrogen-bond acceptors (Lipinski definition) is 7. The van der Waals surface area contributed by atoms with E-state index in [2.05, 4.69) is 4.74 Å². The molecule has 2 heterocycles. The highest BCUT2D eigenvalue weighted by Gasteiger charge is 2.27. The van der Waals surface area contributed by atoms with Gasteiger partial charge in [-0.1, -0.05) is 18.2 Å². The van der Waals surface area contributed by atoms with Crippen LogP contribution in [0.5, 0.6) is 0 Å². The summed E-state index contributed by atoms with van der Waals surface area (Å²) in [6, 6.07) is 0. The predicted molar refractivity (Wildman–Crippen MR) is 138 cm³/mol. The molecule has 0 aliphatic carbocycles. The monoisotopic (exact) mass is 510 g/mol. The third-order valence-electron chi connectivity index (χ3n) is 5.60. The first kappa shape index (κ1) is 31.5. The smallest absolute Gasteiger partial charge is 0.410 e. The molecule has 2 rings (SSSR count). The van der Waals surface area contributed by atoms with Crippen molar-refractivity contribution < 1.29 is 33.7 Å². The van der Waals surface area contributed by atoms with E-state index in [1.807, 2.05) is 53.7 Å². The number of ether oxygens (including phenoxy) is 3. The van der Waals surface area contributed by atoms with Crippen LogP contribution in [0.15, 0.2) is 24.3 Å². The molecule has 0 radical (unpaired) electrons. The second-order valence-corrected chi connectivity index (χ2v) is 11.1. The molecule has 9 nitrogen and oxygen atoms in total. The van der Waals surface area contributed by atoms with E-state index in [1.165, 1.54) is 13.2 Å². The van der Waals surface area contributed by atoms with Crippen LogP contribution in [0.4, 0.5) is 9.59 Å². The summed E-state index contributed by atoms with van der Waals surface area (Å²) in [6.07, 6.45) is 10.2. The Balaban J connectivity index is 0.000000362. The molecule has 2 amide bonds. The van der Waals surface area contributed by atoms with Crippen LogP contribution in [0.3, 0.4) is 0 Å². The van der Waals surface area contributed by atoms with Gasteiger partial charge in [-0.15, -0.1) is 0 Å². The van der Waals surface area contributed by atoms with Gasteiger partial charge < -0.3 is 29.1 Å². The van der Waals surface area contributed by atoms with Crippen molar-refractivity contribution in [2.75, 3.05) is 39.9 Å². The van der Waals surface area contributed by atoms with Crippen molar-refractivity contribution >= 4 is 18.2 Å². The van der Waals surface area contributed by atoms with Crippen LogP contribution in [-0.4, -0.2) is 84.2 Å². The second-order valence-electron chi connectivity index (χ2n) is 11.1. The molecule has 2 aliphatic rings. The standard InChI is InChI=1S/C14H23NO4.C13H23NO3/c1-14(2,3)19-13(17)15-9-7-11(8-10-15)5-6-12(16)18-4;1-13(2,3)17-12(16)14-8-6-11(7-9-14)5-4-10-15/h5-6,11H,7-10H2,1-4H3;4-5,11,15H,6-10H2,1-3H3/b6-5+;5-4+. The Morgan fingerprint density at radius 3 is 1.50 bits per heavy atom. The van der Waals surface area contributed by atoms with Crippen molar-refractivity contribution in [3.05, 3.63) is 24.3 Å². The fraction of sp³-hybridized carbons (Fsp3) is 0.741. The lowest BCUT2D eigenvalue weighted by atomic mass is 9.96. The number of likely N-dealkylation sites (tertiary alicyclic amines) is 2. The average molecular weight is 511 g/mol. The average Bonchev–Trinajstić information content (AvgIpc) is 2.80. The molecule has 36 heavy (non-hydrogen) atoms. The number of aliphatic hydroxyl groups is 1. The Labute approximate surface area is 216 Å². The van der Waals surface area contributed by atoms with Crippen molar-refractivity contribution in [2.24, 2.45) is 11.8 Å². The van der Waals surface area contributed by atoms with Gasteiger partial charge >= 0.3 is 18.2 Å². The lowest BCUT2D eigenvalue weighted by molar-refractivity contribution is -0.134. The number of aliphatic hydroxyl groups excluding tert-OH is 1. The maximum absolute atomic E-state index is 11.8. The van der Waals surface area contributed by atoms with E-state index in [9.17, 15) is 14.4 Å². The Morgan fingerprint density at radius 2 is 1.17 bits per heavy atom. The molecule has 0 atom stereocenters. The van der Waals surface area contributed by atoms with E-state index in [1.54, 1.807) is 15.9 Å². The molecule has 1 N–H and O–H groups in total. The number of carbonyl (C=O) groups excluding carboxylic acids is 3. The number of esters is 1. The minimum Gasteiger partial charge on any atom is -0.466 e. The van der Waals surface area contributed by atoms with E-state index in [4.69, 9.17) is 14.6 Å². The van der Waals surface area contributed by atoms with Gasteiger partial charge in [0.2, 0.25) is 0 Å². The van der Waals surface area contributed by atoms with E-state index in [-0.39, 0.29) is 24.8 Å². The maximum atomic E-state index is 11.8. The van der Waals surface area contributed by atoms with Gasteiger partial charge in [-0.2, -0.15) is 0 Å². The van der Waals surface area contributed by atoms with Crippen molar-refractivity contribution in [3.8, 4) is 0 Å². The van der Waals surface area contributed by atoms with Crippen LogP contribution in [0, 0.1) is 11.8 Å². The van der Waals surface area contributed by atoms with Gasteiger partial charge in [-0.25, -0.2) is 14.4 Å². The molecule has 0 aromatic heterocycles. The Hall–Kier alpha value is -2.55. The molecule has 0 unspecified atom stereocenters. The molecule has 0 aromatic carbocycles. The summed E-state index contributed by atoms with van der Waals surface area (Å²) >= 11 is 0. The highest BCUT2D eigenvalue weighted by molar-refractivity contribution is 5.81. The molecule has 2 saturated heterocycles. The summed E-state index contributed by atoms with van der Waals surface area (Å²) in [7, 11) is 1.36. The predicted octanol–water partition coefficient (Wildman–Crippen LogP) is 4.54. The molecule has 9 heteroatoms. The number of methoxy groups -OCH3 is 1. The zero-order chi connectivity index (χ0) is 27.4. The van der Waals surface area contributed by atoms with Gasteiger partial charge in [0, 0.05) is 32.3 Å². The molecule has 0 bridgehead atoms. The fourth-order valence-electron chi connectivity index (χ4n) is 3.74. The summed E-state index contributed by atoms with van der Waals surface area (Å²) < 4.78 is 15.2. The number of hydrogen-bond donors (Lipinski definition) is 1. The largest absolute Gasteiger partial charge is 0.466 e. The van der Waals surface area contributed by atoms with Crippen LogP contribution in [0.2, 0.25) is 0 Å². The van der Waals surface area contributed by atoms with E-state index >= 15 is 0 Å². The number of allylic oxidation sites excluding steroid dienone is 2. The van der Waals surface area contributed by atoms with Gasteiger partial charge in [0.15, 0.2) is 0 Å².